The van der Waals surface area contributed by atoms with Gasteiger partial charge in [-0.3, -0.25) is 4.79 Å². The largest absolute Gasteiger partial charge is 0.337 e. The number of rotatable bonds is 4. The number of likely N-dealkylation sites (N-methyl/N-ethyl adjacent to an activating group) is 1. The van der Waals surface area contributed by atoms with Crippen LogP contribution in [0.5, 0.6) is 0 Å². The molecule has 3 heterocycles. The van der Waals surface area contributed by atoms with Gasteiger partial charge < -0.3 is 20.4 Å². The average Bonchev–Trinajstić information content (AvgIpc) is 3.17. The summed E-state index contributed by atoms with van der Waals surface area (Å²) in [5.41, 5.74) is 2.23. The second-order valence-electron chi connectivity index (χ2n) is 7.75. The first-order valence-corrected chi connectivity index (χ1v) is 9.14. The Morgan fingerprint density at radius 1 is 1.24 bits per heavy atom. The lowest BCUT2D eigenvalue weighted by Crippen LogP contribution is -2.70. The maximum atomic E-state index is 12.5. The van der Waals surface area contributed by atoms with Gasteiger partial charge in [-0.25, -0.2) is 4.79 Å². The van der Waals surface area contributed by atoms with E-state index in [-0.39, 0.29) is 17.5 Å². The van der Waals surface area contributed by atoms with E-state index in [1.54, 1.807) is 4.90 Å². The Bertz CT molecular complexity index is 661. The summed E-state index contributed by atoms with van der Waals surface area (Å²) in [5, 5.41) is 6.25. The van der Waals surface area contributed by atoms with Gasteiger partial charge in [0.15, 0.2) is 0 Å². The standard InChI is InChI=1S/C19H26N4O2/c1-22-18(25)21-11-19(22)12-23(13-19)17(24)9-15-4-2-14(3-5-15)8-16-6-7-20-10-16/h2-5,16,20H,6-13H2,1H3,(H,21,25). The molecule has 1 unspecified atom stereocenters. The number of hydrogen-bond donors (Lipinski definition) is 2. The molecule has 134 valence electrons. The Hall–Kier alpha value is -2.08. The fraction of sp³-hybridized carbons (Fsp3) is 0.579. The third-order valence-corrected chi connectivity index (χ3v) is 5.97. The summed E-state index contributed by atoms with van der Waals surface area (Å²) in [7, 11) is 1.81. The summed E-state index contributed by atoms with van der Waals surface area (Å²) >= 11 is 0. The molecule has 0 aromatic heterocycles. The summed E-state index contributed by atoms with van der Waals surface area (Å²) in [4.78, 5) is 27.7. The predicted molar refractivity (Wildman–Crippen MR) is 95.3 cm³/mol. The number of hydrogen-bond acceptors (Lipinski definition) is 3. The second-order valence-corrected chi connectivity index (χ2v) is 7.75. The minimum atomic E-state index is -0.189. The van der Waals surface area contributed by atoms with Gasteiger partial charge in [0.05, 0.1) is 12.0 Å². The Labute approximate surface area is 148 Å². The SMILES string of the molecule is CN1C(=O)NCC12CN(C(=O)Cc1ccc(CC3CCNC3)cc1)C2. The van der Waals surface area contributed by atoms with Crippen LogP contribution in [0, 0.1) is 5.92 Å². The minimum absolute atomic E-state index is 0.0415. The molecular formula is C19H26N4O2. The highest BCUT2D eigenvalue weighted by atomic mass is 16.2. The number of carbonyl (C=O) groups is 2. The van der Waals surface area contributed by atoms with Crippen molar-refractivity contribution in [3.8, 4) is 0 Å². The lowest BCUT2D eigenvalue weighted by molar-refractivity contribution is -0.141. The molecule has 1 aromatic carbocycles. The lowest BCUT2D eigenvalue weighted by atomic mass is 9.89. The molecule has 1 spiro atoms. The van der Waals surface area contributed by atoms with Crippen molar-refractivity contribution in [2.45, 2.75) is 24.8 Å². The van der Waals surface area contributed by atoms with Crippen LogP contribution in [0.4, 0.5) is 4.79 Å². The van der Waals surface area contributed by atoms with E-state index < -0.39 is 0 Å². The molecule has 1 atom stereocenters. The number of nitrogens with one attached hydrogen (secondary N) is 2. The van der Waals surface area contributed by atoms with Crippen molar-refractivity contribution in [3.05, 3.63) is 35.4 Å². The molecule has 3 saturated heterocycles. The normalized spacial score (nSPS) is 24.5. The van der Waals surface area contributed by atoms with Gasteiger partial charge in [-0.05, 0) is 43.0 Å². The molecule has 3 amide bonds. The van der Waals surface area contributed by atoms with Crippen LogP contribution in [0.1, 0.15) is 17.5 Å². The van der Waals surface area contributed by atoms with Gasteiger partial charge >= 0.3 is 6.03 Å². The number of urea groups is 1. The topological polar surface area (TPSA) is 64.7 Å². The molecule has 2 N–H and O–H groups in total. The van der Waals surface area contributed by atoms with Crippen LogP contribution >= 0.6 is 0 Å². The number of nitrogens with zero attached hydrogens (tertiary/aromatic N) is 2. The van der Waals surface area contributed by atoms with E-state index in [1.165, 1.54) is 12.0 Å². The van der Waals surface area contributed by atoms with Crippen molar-refractivity contribution >= 4 is 11.9 Å². The first-order chi connectivity index (χ1) is 12.1. The average molecular weight is 342 g/mol. The van der Waals surface area contributed by atoms with Crippen molar-refractivity contribution in [3.63, 3.8) is 0 Å². The molecule has 3 aliphatic heterocycles. The predicted octanol–water partition coefficient (Wildman–Crippen LogP) is 0.617. The maximum Gasteiger partial charge on any atom is 0.317 e. The number of carbonyl (C=O) groups excluding carboxylic acids is 2. The van der Waals surface area contributed by atoms with E-state index in [0.29, 0.717) is 26.1 Å². The van der Waals surface area contributed by atoms with Crippen molar-refractivity contribution in [1.82, 2.24) is 20.4 Å². The molecule has 0 aliphatic carbocycles. The molecule has 1 aromatic rings. The molecule has 6 nitrogen and oxygen atoms in total. The summed E-state index contributed by atoms with van der Waals surface area (Å²) in [5.74, 6) is 0.885. The third kappa shape index (κ3) is 3.11. The van der Waals surface area contributed by atoms with Crippen LogP contribution in [0.2, 0.25) is 0 Å². The molecule has 6 heteroatoms. The molecule has 0 bridgehead atoms. The Morgan fingerprint density at radius 3 is 2.56 bits per heavy atom. The summed E-state index contributed by atoms with van der Waals surface area (Å²) in [6.45, 7) is 4.14. The number of amides is 3. The number of benzene rings is 1. The van der Waals surface area contributed by atoms with E-state index >= 15 is 0 Å². The second kappa shape index (κ2) is 6.33. The molecule has 4 rings (SSSR count). The summed E-state index contributed by atoms with van der Waals surface area (Å²) < 4.78 is 0. The molecule has 3 fully saturated rings. The van der Waals surface area contributed by atoms with Crippen molar-refractivity contribution in [2.24, 2.45) is 5.92 Å². The van der Waals surface area contributed by atoms with Gasteiger partial charge in [0, 0.05) is 26.7 Å². The Balaban J connectivity index is 1.29. The van der Waals surface area contributed by atoms with Crippen LogP contribution in [0.3, 0.4) is 0 Å². The van der Waals surface area contributed by atoms with Crippen LogP contribution < -0.4 is 10.6 Å². The maximum absolute atomic E-state index is 12.5. The first kappa shape index (κ1) is 16.4. The monoisotopic (exact) mass is 342 g/mol. The van der Waals surface area contributed by atoms with E-state index in [1.807, 2.05) is 11.9 Å². The molecule has 0 saturated carbocycles. The van der Waals surface area contributed by atoms with E-state index in [0.717, 1.165) is 31.0 Å². The third-order valence-electron chi connectivity index (χ3n) is 5.97. The molecule has 0 radical (unpaired) electrons. The molecule has 25 heavy (non-hydrogen) atoms. The number of likely N-dealkylation sites (tertiary alicyclic amines) is 1. The zero-order valence-corrected chi connectivity index (χ0v) is 14.8. The van der Waals surface area contributed by atoms with Crippen molar-refractivity contribution < 1.29 is 9.59 Å². The van der Waals surface area contributed by atoms with E-state index in [9.17, 15) is 9.59 Å². The summed E-state index contributed by atoms with van der Waals surface area (Å²) in [6.07, 6.45) is 2.80. The van der Waals surface area contributed by atoms with E-state index in [4.69, 9.17) is 0 Å². The lowest BCUT2D eigenvalue weighted by Gasteiger charge is -2.50. The highest BCUT2D eigenvalue weighted by molar-refractivity contribution is 5.82. The fourth-order valence-electron chi connectivity index (χ4n) is 4.16. The van der Waals surface area contributed by atoms with Gasteiger partial charge in [0.1, 0.15) is 0 Å². The molecular weight excluding hydrogens is 316 g/mol. The Kier molecular flexibility index (Phi) is 4.15. The highest BCUT2D eigenvalue weighted by Gasteiger charge is 2.53. The van der Waals surface area contributed by atoms with Crippen LogP contribution in [0.15, 0.2) is 24.3 Å². The van der Waals surface area contributed by atoms with Gasteiger partial charge in [-0.15, -0.1) is 0 Å². The van der Waals surface area contributed by atoms with Crippen LogP contribution in [-0.4, -0.2) is 67.0 Å². The Morgan fingerprint density at radius 2 is 1.96 bits per heavy atom. The quantitative estimate of drug-likeness (QED) is 0.843. The fourth-order valence-corrected chi connectivity index (χ4v) is 4.16. The zero-order valence-electron chi connectivity index (χ0n) is 14.8. The van der Waals surface area contributed by atoms with Gasteiger partial charge in [0.2, 0.25) is 5.91 Å². The summed E-state index contributed by atoms with van der Waals surface area (Å²) in [6, 6.07) is 8.44. The van der Waals surface area contributed by atoms with Crippen molar-refractivity contribution in [2.75, 3.05) is 39.8 Å². The van der Waals surface area contributed by atoms with Gasteiger partial charge in [0.25, 0.3) is 0 Å². The zero-order chi connectivity index (χ0) is 17.4. The smallest absolute Gasteiger partial charge is 0.317 e. The highest BCUT2D eigenvalue weighted by Crippen LogP contribution is 2.30. The first-order valence-electron chi connectivity index (χ1n) is 9.14. The van der Waals surface area contributed by atoms with E-state index in [2.05, 4.69) is 34.9 Å². The minimum Gasteiger partial charge on any atom is -0.337 e. The molecule has 3 aliphatic rings. The van der Waals surface area contributed by atoms with Crippen molar-refractivity contribution in [1.29, 1.82) is 0 Å². The van der Waals surface area contributed by atoms with Crippen LogP contribution in [-0.2, 0) is 17.6 Å². The van der Waals surface area contributed by atoms with Gasteiger partial charge in [-0.1, -0.05) is 24.3 Å². The van der Waals surface area contributed by atoms with Crippen LogP contribution in [0.25, 0.3) is 0 Å². The van der Waals surface area contributed by atoms with Gasteiger partial charge in [-0.2, -0.15) is 0 Å².